The third-order valence-corrected chi connectivity index (χ3v) is 4.86. The molecule has 0 aliphatic heterocycles. The minimum absolute atomic E-state index is 0.788. The molecule has 94 valence electrons. The SMILES string of the molecule is CSC1CCC(N(C)CCc2ccccn2)C1. The average Bonchev–Trinajstić information content (AvgIpc) is 2.86. The van der Waals surface area contributed by atoms with E-state index >= 15 is 0 Å². The second-order valence-corrected chi connectivity index (χ2v) is 6.01. The Morgan fingerprint density at radius 3 is 2.94 bits per heavy atom. The van der Waals surface area contributed by atoms with Crippen molar-refractivity contribution in [1.82, 2.24) is 9.88 Å². The molecule has 3 heteroatoms. The van der Waals surface area contributed by atoms with Crippen molar-refractivity contribution in [3.63, 3.8) is 0 Å². The molecule has 2 unspecified atom stereocenters. The van der Waals surface area contributed by atoms with Crippen LogP contribution in [0.15, 0.2) is 24.4 Å². The highest BCUT2D eigenvalue weighted by molar-refractivity contribution is 7.99. The molecule has 17 heavy (non-hydrogen) atoms. The van der Waals surface area contributed by atoms with E-state index in [1.54, 1.807) is 0 Å². The Kier molecular flexibility index (Phi) is 4.86. The number of rotatable bonds is 5. The molecule has 1 aromatic rings. The average molecular weight is 250 g/mol. The first-order valence-corrected chi connectivity index (χ1v) is 7.71. The van der Waals surface area contributed by atoms with E-state index in [1.165, 1.54) is 25.0 Å². The Labute approximate surface area is 109 Å². The summed E-state index contributed by atoms with van der Waals surface area (Å²) in [5.74, 6) is 0. The van der Waals surface area contributed by atoms with Crippen LogP contribution in [0.5, 0.6) is 0 Å². The summed E-state index contributed by atoms with van der Waals surface area (Å²) in [4.78, 5) is 6.90. The van der Waals surface area contributed by atoms with Gasteiger partial charge in [-0.1, -0.05) is 6.07 Å². The Hall–Kier alpha value is -0.540. The fraction of sp³-hybridized carbons (Fsp3) is 0.643. The predicted octanol–water partition coefficient (Wildman–Crippen LogP) is 2.84. The van der Waals surface area contributed by atoms with Gasteiger partial charge in [0.2, 0.25) is 0 Å². The number of nitrogens with zero attached hydrogens (tertiary/aromatic N) is 2. The maximum Gasteiger partial charge on any atom is 0.0416 e. The third kappa shape index (κ3) is 3.71. The van der Waals surface area contributed by atoms with Gasteiger partial charge in [-0.15, -0.1) is 0 Å². The first kappa shape index (κ1) is 12.9. The van der Waals surface area contributed by atoms with Gasteiger partial charge in [-0.2, -0.15) is 11.8 Å². The molecule has 1 aromatic heterocycles. The van der Waals surface area contributed by atoms with Crippen LogP contribution in [0, 0.1) is 0 Å². The highest BCUT2D eigenvalue weighted by Gasteiger charge is 2.26. The summed E-state index contributed by atoms with van der Waals surface area (Å²) < 4.78 is 0. The Morgan fingerprint density at radius 1 is 1.41 bits per heavy atom. The lowest BCUT2D eigenvalue weighted by atomic mass is 10.2. The molecule has 0 amide bonds. The van der Waals surface area contributed by atoms with Gasteiger partial charge in [-0.3, -0.25) is 4.98 Å². The highest BCUT2D eigenvalue weighted by Crippen LogP contribution is 2.30. The Bertz CT molecular complexity index is 328. The Morgan fingerprint density at radius 2 is 2.29 bits per heavy atom. The lowest BCUT2D eigenvalue weighted by Crippen LogP contribution is -2.31. The second-order valence-electron chi connectivity index (χ2n) is 4.88. The van der Waals surface area contributed by atoms with Gasteiger partial charge in [0, 0.05) is 36.1 Å². The molecule has 0 aromatic carbocycles. The first-order chi connectivity index (χ1) is 8.29. The van der Waals surface area contributed by atoms with Gasteiger partial charge in [-0.25, -0.2) is 0 Å². The number of likely N-dealkylation sites (N-methyl/N-ethyl adjacent to an activating group) is 1. The zero-order valence-corrected chi connectivity index (χ0v) is 11.6. The van der Waals surface area contributed by atoms with Gasteiger partial charge in [0.15, 0.2) is 0 Å². The quantitative estimate of drug-likeness (QED) is 0.799. The van der Waals surface area contributed by atoms with Crippen LogP contribution in [0.25, 0.3) is 0 Å². The minimum Gasteiger partial charge on any atom is -0.303 e. The van der Waals surface area contributed by atoms with E-state index in [2.05, 4.69) is 35.3 Å². The molecule has 2 atom stereocenters. The van der Waals surface area contributed by atoms with Gasteiger partial charge in [0.05, 0.1) is 0 Å². The number of thioether (sulfide) groups is 1. The monoisotopic (exact) mass is 250 g/mol. The van der Waals surface area contributed by atoms with Crippen LogP contribution < -0.4 is 0 Å². The van der Waals surface area contributed by atoms with Crippen LogP contribution in [0.1, 0.15) is 25.0 Å². The molecule has 1 heterocycles. The van der Waals surface area contributed by atoms with Crippen LogP contribution in [0.2, 0.25) is 0 Å². The maximum absolute atomic E-state index is 4.38. The van der Waals surface area contributed by atoms with Gasteiger partial charge in [-0.05, 0) is 44.7 Å². The van der Waals surface area contributed by atoms with Gasteiger partial charge in [0.1, 0.15) is 0 Å². The molecule has 0 bridgehead atoms. The highest BCUT2D eigenvalue weighted by atomic mass is 32.2. The van der Waals surface area contributed by atoms with Crippen molar-refractivity contribution in [2.45, 2.75) is 37.0 Å². The van der Waals surface area contributed by atoms with Crippen molar-refractivity contribution in [3.05, 3.63) is 30.1 Å². The number of hydrogen-bond acceptors (Lipinski definition) is 3. The number of pyridine rings is 1. The predicted molar refractivity (Wildman–Crippen MR) is 75.5 cm³/mol. The lowest BCUT2D eigenvalue weighted by molar-refractivity contribution is 0.248. The van der Waals surface area contributed by atoms with E-state index in [9.17, 15) is 0 Å². The normalized spacial score (nSPS) is 24.4. The molecule has 2 rings (SSSR count). The van der Waals surface area contributed by atoms with E-state index in [0.717, 1.165) is 24.3 Å². The fourth-order valence-electron chi connectivity index (χ4n) is 2.55. The maximum atomic E-state index is 4.38. The van der Waals surface area contributed by atoms with Gasteiger partial charge in [0.25, 0.3) is 0 Å². The molecule has 0 N–H and O–H groups in total. The van der Waals surface area contributed by atoms with Gasteiger partial charge < -0.3 is 4.90 Å². The van der Waals surface area contributed by atoms with Crippen molar-refractivity contribution >= 4 is 11.8 Å². The number of hydrogen-bond donors (Lipinski definition) is 0. The molecule has 0 spiro atoms. The van der Waals surface area contributed by atoms with E-state index in [1.807, 2.05) is 24.0 Å². The molecular formula is C14H22N2S. The summed E-state index contributed by atoms with van der Waals surface area (Å²) in [5, 5.41) is 0.886. The second kappa shape index (κ2) is 6.41. The zero-order valence-electron chi connectivity index (χ0n) is 10.8. The van der Waals surface area contributed by atoms with Crippen LogP contribution in [-0.2, 0) is 6.42 Å². The molecule has 2 nitrogen and oxygen atoms in total. The summed E-state index contributed by atoms with van der Waals surface area (Å²) in [6.07, 6.45) is 9.30. The molecule has 1 aliphatic rings. The Balaban J connectivity index is 1.76. The van der Waals surface area contributed by atoms with Gasteiger partial charge >= 0.3 is 0 Å². The summed E-state index contributed by atoms with van der Waals surface area (Å²) in [6, 6.07) is 6.96. The molecule has 1 fully saturated rings. The molecule has 1 aliphatic carbocycles. The van der Waals surface area contributed by atoms with Crippen LogP contribution >= 0.6 is 11.8 Å². The summed E-state index contributed by atoms with van der Waals surface area (Å²) in [7, 11) is 2.26. The summed E-state index contributed by atoms with van der Waals surface area (Å²) >= 11 is 2.03. The van der Waals surface area contributed by atoms with Crippen molar-refractivity contribution in [2.24, 2.45) is 0 Å². The van der Waals surface area contributed by atoms with E-state index in [4.69, 9.17) is 0 Å². The lowest BCUT2D eigenvalue weighted by Gasteiger charge is -2.24. The minimum atomic E-state index is 0.788. The molecule has 0 radical (unpaired) electrons. The standard InChI is InChI=1S/C14H22N2S/c1-16(13-6-7-14(11-13)17-2)10-8-12-5-3-4-9-15-12/h3-5,9,13-14H,6-8,10-11H2,1-2H3. The molecule has 0 saturated heterocycles. The smallest absolute Gasteiger partial charge is 0.0416 e. The largest absolute Gasteiger partial charge is 0.303 e. The third-order valence-electron chi connectivity index (χ3n) is 3.76. The van der Waals surface area contributed by atoms with E-state index < -0.39 is 0 Å². The molecular weight excluding hydrogens is 228 g/mol. The van der Waals surface area contributed by atoms with E-state index in [-0.39, 0.29) is 0 Å². The van der Waals surface area contributed by atoms with Crippen LogP contribution in [0.4, 0.5) is 0 Å². The summed E-state index contributed by atoms with van der Waals surface area (Å²) in [6.45, 7) is 1.13. The van der Waals surface area contributed by atoms with Crippen LogP contribution in [0.3, 0.4) is 0 Å². The zero-order chi connectivity index (χ0) is 12.1. The molecule has 1 saturated carbocycles. The van der Waals surface area contributed by atoms with Crippen molar-refractivity contribution in [3.8, 4) is 0 Å². The van der Waals surface area contributed by atoms with Crippen molar-refractivity contribution < 1.29 is 0 Å². The van der Waals surface area contributed by atoms with Crippen LogP contribution in [-0.4, -0.2) is 41.0 Å². The topological polar surface area (TPSA) is 16.1 Å². The van der Waals surface area contributed by atoms with Crippen molar-refractivity contribution in [2.75, 3.05) is 19.8 Å². The van der Waals surface area contributed by atoms with Crippen molar-refractivity contribution in [1.29, 1.82) is 0 Å². The first-order valence-electron chi connectivity index (χ1n) is 6.42. The number of aromatic nitrogens is 1. The summed E-state index contributed by atoms with van der Waals surface area (Å²) in [5.41, 5.74) is 1.21. The van der Waals surface area contributed by atoms with E-state index in [0.29, 0.717) is 0 Å². The fourth-order valence-corrected chi connectivity index (χ4v) is 3.34.